The number of hydrogen-bond acceptors (Lipinski definition) is 2. The van der Waals surface area contributed by atoms with Crippen molar-refractivity contribution in [2.24, 2.45) is 0 Å². The van der Waals surface area contributed by atoms with Gasteiger partial charge in [-0.2, -0.15) is 0 Å². The lowest BCUT2D eigenvalue weighted by Gasteiger charge is -2.14. The minimum atomic E-state index is 0.0409. The van der Waals surface area contributed by atoms with Gasteiger partial charge in [0.1, 0.15) is 0 Å². The van der Waals surface area contributed by atoms with Crippen molar-refractivity contribution in [2.45, 2.75) is 103 Å². The highest BCUT2D eigenvalue weighted by molar-refractivity contribution is 6.39. The molecule has 1 amide bonds. The van der Waals surface area contributed by atoms with E-state index >= 15 is 0 Å². The molecule has 0 spiro atoms. The zero-order valence-electron chi connectivity index (χ0n) is 21.5. The summed E-state index contributed by atoms with van der Waals surface area (Å²) in [5, 5.41) is 7.46. The summed E-state index contributed by atoms with van der Waals surface area (Å²) in [6.07, 6.45) is 19.0. The van der Waals surface area contributed by atoms with Gasteiger partial charge in [-0.15, -0.1) is 0 Å². The third-order valence-electron chi connectivity index (χ3n) is 6.44. The molecule has 0 unspecified atom stereocenters. The fourth-order valence-electron chi connectivity index (χ4n) is 4.33. The summed E-state index contributed by atoms with van der Waals surface area (Å²) < 4.78 is 0. The van der Waals surface area contributed by atoms with Crippen LogP contribution in [0.15, 0.2) is 42.5 Å². The fraction of sp³-hybridized carbons (Fsp3) is 0.567. The van der Waals surface area contributed by atoms with Crippen molar-refractivity contribution in [3.63, 3.8) is 0 Å². The second-order valence-corrected chi connectivity index (χ2v) is 10.3. The molecule has 2 aromatic rings. The molecule has 5 heteroatoms. The summed E-state index contributed by atoms with van der Waals surface area (Å²) in [4.78, 5) is 12.5. The van der Waals surface area contributed by atoms with Crippen molar-refractivity contribution in [1.29, 1.82) is 0 Å². The molecule has 0 bridgehead atoms. The average molecular weight is 520 g/mol. The van der Waals surface area contributed by atoms with Crippen LogP contribution < -0.4 is 10.6 Å². The Kier molecular flexibility index (Phi) is 15.6. The van der Waals surface area contributed by atoms with Crippen LogP contribution >= 0.6 is 23.2 Å². The molecule has 0 heterocycles. The van der Waals surface area contributed by atoms with Crippen LogP contribution in [0.25, 0.3) is 0 Å². The van der Waals surface area contributed by atoms with E-state index in [-0.39, 0.29) is 5.91 Å². The third-order valence-corrected chi connectivity index (χ3v) is 7.07. The lowest BCUT2D eigenvalue weighted by molar-refractivity contribution is -0.120. The van der Waals surface area contributed by atoms with E-state index in [0.29, 0.717) is 22.2 Å². The molecule has 0 aliphatic heterocycles. The summed E-state index contributed by atoms with van der Waals surface area (Å²) >= 11 is 12.6. The van der Waals surface area contributed by atoms with E-state index in [1.54, 1.807) is 12.1 Å². The molecule has 2 N–H and O–H groups in total. The van der Waals surface area contributed by atoms with Crippen LogP contribution in [0.4, 0.5) is 11.4 Å². The number of unbranched alkanes of at least 4 members (excludes halogenated alkanes) is 13. The maximum Gasteiger partial charge on any atom is 0.224 e. The number of benzene rings is 2. The molecule has 0 saturated carbocycles. The van der Waals surface area contributed by atoms with Gasteiger partial charge in [0.15, 0.2) is 0 Å². The number of amides is 1. The Hall–Kier alpha value is -1.71. The Morgan fingerprint density at radius 3 is 1.77 bits per heavy atom. The van der Waals surface area contributed by atoms with Gasteiger partial charge in [-0.05, 0) is 30.2 Å². The number of hydrogen-bond donors (Lipinski definition) is 2. The van der Waals surface area contributed by atoms with Gasteiger partial charge >= 0.3 is 0 Å². The van der Waals surface area contributed by atoms with Crippen molar-refractivity contribution in [3.05, 3.63) is 58.1 Å². The van der Waals surface area contributed by atoms with Gasteiger partial charge in [0.2, 0.25) is 5.91 Å². The molecule has 0 radical (unpaired) electrons. The van der Waals surface area contributed by atoms with Crippen LogP contribution in [0.2, 0.25) is 10.0 Å². The Morgan fingerprint density at radius 1 is 0.686 bits per heavy atom. The molecule has 0 aliphatic rings. The van der Waals surface area contributed by atoms with Gasteiger partial charge < -0.3 is 10.6 Å². The van der Waals surface area contributed by atoms with Crippen molar-refractivity contribution < 1.29 is 4.79 Å². The number of carbonyl (C=O) groups excluding carboxylic acids is 1. The smallest absolute Gasteiger partial charge is 0.224 e. The van der Waals surface area contributed by atoms with E-state index in [1.165, 1.54) is 83.5 Å². The fourth-order valence-corrected chi connectivity index (χ4v) is 4.82. The molecule has 35 heavy (non-hydrogen) atoms. The predicted molar refractivity (Wildman–Crippen MR) is 153 cm³/mol. The van der Waals surface area contributed by atoms with Crippen LogP contribution in [0.3, 0.4) is 0 Å². The quantitative estimate of drug-likeness (QED) is 0.181. The molecule has 2 aromatic carbocycles. The highest BCUT2D eigenvalue weighted by Gasteiger charge is 2.11. The number of carbonyl (C=O) groups is 1. The van der Waals surface area contributed by atoms with Crippen LogP contribution in [0, 0.1) is 0 Å². The lowest BCUT2D eigenvalue weighted by Crippen LogP contribution is -2.26. The topological polar surface area (TPSA) is 41.1 Å². The molecule has 2 rings (SSSR count). The summed E-state index contributed by atoms with van der Waals surface area (Å²) in [5.41, 5.74) is 2.42. The predicted octanol–water partition coefficient (Wildman–Crippen LogP) is 9.88. The Morgan fingerprint density at radius 2 is 1.20 bits per heavy atom. The maximum atomic E-state index is 12.5. The van der Waals surface area contributed by atoms with Crippen LogP contribution in [-0.4, -0.2) is 12.5 Å². The number of anilines is 2. The number of para-hydroxylation sites is 2. The van der Waals surface area contributed by atoms with Crippen LogP contribution in [0.1, 0.15) is 102 Å². The van der Waals surface area contributed by atoms with E-state index in [1.807, 2.05) is 30.3 Å². The van der Waals surface area contributed by atoms with E-state index in [9.17, 15) is 4.79 Å². The van der Waals surface area contributed by atoms with E-state index in [4.69, 9.17) is 23.2 Å². The normalized spacial score (nSPS) is 10.9. The van der Waals surface area contributed by atoms with E-state index < -0.39 is 0 Å². The van der Waals surface area contributed by atoms with Crippen LogP contribution in [0.5, 0.6) is 0 Å². The van der Waals surface area contributed by atoms with Crippen molar-refractivity contribution in [1.82, 2.24) is 5.32 Å². The minimum Gasteiger partial charge on any atom is -0.356 e. The largest absolute Gasteiger partial charge is 0.356 e. The van der Waals surface area contributed by atoms with Crippen molar-refractivity contribution >= 4 is 40.5 Å². The first kappa shape index (κ1) is 29.5. The number of halogens is 2. The van der Waals surface area contributed by atoms with Gasteiger partial charge in [0.25, 0.3) is 0 Å². The first-order valence-electron chi connectivity index (χ1n) is 13.7. The van der Waals surface area contributed by atoms with Gasteiger partial charge in [-0.25, -0.2) is 0 Å². The number of nitrogens with one attached hydrogen (secondary N) is 2. The first-order chi connectivity index (χ1) is 17.1. The van der Waals surface area contributed by atoms with Gasteiger partial charge in [0, 0.05) is 12.2 Å². The van der Waals surface area contributed by atoms with E-state index in [2.05, 4.69) is 17.6 Å². The summed E-state index contributed by atoms with van der Waals surface area (Å²) in [5.74, 6) is 0.0409. The van der Waals surface area contributed by atoms with Crippen molar-refractivity contribution in [3.8, 4) is 0 Å². The van der Waals surface area contributed by atoms with Gasteiger partial charge in [0.05, 0.1) is 22.2 Å². The van der Waals surface area contributed by atoms with Crippen LogP contribution in [-0.2, 0) is 11.2 Å². The Balaban J connectivity index is 1.54. The SMILES string of the molecule is CCCCCCCCCCCCCCCCNC(=O)Cc1ccccc1Nc1c(Cl)cccc1Cl. The molecule has 194 valence electrons. The standard InChI is InChI=1S/C30H44Cl2N2O/c1-2-3-4-5-6-7-8-9-10-11-12-13-14-17-23-33-29(35)24-25-19-15-16-22-28(25)34-30-26(31)20-18-21-27(30)32/h15-16,18-22,34H,2-14,17,23-24H2,1H3,(H,33,35). The van der Waals surface area contributed by atoms with Crippen molar-refractivity contribution in [2.75, 3.05) is 11.9 Å². The highest BCUT2D eigenvalue weighted by Crippen LogP contribution is 2.33. The molecule has 0 atom stereocenters. The average Bonchev–Trinajstić information content (AvgIpc) is 2.85. The summed E-state index contributed by atoms with van der Waals surface area (Å²) in [7, 11) is 0. The summed E-state index contributed by atoms with van der Waals surface area (Å²) in [6, 6.07) is 13.2. The second kappa shape index (κ2) is 18.5. The monoisotopic (exact) mass is 518 g/mol. The minimum absolute atomic E-state index is 0.0409. The second-order valence-electron chi connectivity index (χ2n) is 9.50. The summed E-state index contributed by atoms with van der Waals surface area (Å²) in [6.45, 7) is 3.01. The molecule has 0 aromatic heterocycles. The molecule has 0 saturated heterocycles. The van der Waals surface area contributed by atoms with E-state index in [0.717, 1.165) is 24.2 Å². The number of rotatable bonds is 19. The van der Waals surface area contributed by atoms with Gasteiger partial charge in [-0.1, -0.05) is 138 Å². The Labute approximate surface area is 223 Å². The highest BCUT2D eigenvalue weighted by atomic mass is 35.5. The molecular weight excluding hydrogens is 475 g/mol. The Bertz CT molecular complexity index is 836. The molecule has 3 nitrogen and oxygen atoms in total. The van der Waals surface area contributed by atoms with Gasteiger partial charge in [-0.3, -0.25) is 4.79 Å². The first-order valence-corrected chi connectivity index (χ1v) is 14.4. The zero-order chi connectivity index (χ0) is 25.1. The molecule has 0 fully saturated rings. The lowest BCUT2D eigenvalue weighted by atomic mass is 10.0. The zero-order valence-corrected chi connectivity index (χ0v) is 23.0. The molecular formula is C30H44Cl2N2O. The molecule has 0 aliphatic carbocycles. The third kappa shape index (κ3) is 12.7. The maximum absolute atomic E-state index is 12.5.